The van der Waals surface area contributed by atoms with Gasteiger partial charge in [0.2, 0.25) is 5.91 Å². The van der Waals surface area contributed by atoms with Crippen LogP contribution in [0.2, 0.25) is 0 Å². The van der Waals surface area contributed by atoms with E-state index in [4.69, 9.17) is 14.2 Å². The monoisotopic (exact) mass is 1060 g/mol. The molecule has 440 valence electrons. The maximum Gasteiger partial charge on any atom is 0.306 e. The molecule has 0 spiro atoms. The number of amides is 1. The minimum atomic E-state index is -1.61. The molecule has 1 aliphatic rings. The zero-order valence-corrected chi connectivity index (χ0v) is 48.7. The van der Waals surface area contributed by atoms with Gasteiger partial charge in [0.1, 0.15) is 24.4 Å². The number of rotatable bonds is 54. The molecule has 1 saturated heterocycles. The van der Waals surface area contributed by atoms with E-state index in [1.54, 1.807) is 6.08 Å². The number of aliphatic hydroxyl groups excluding tert-OH is 5. The molecule has 0 radical (unpaired) electrons. The highest BCUT2D eigenvalue weighted by Crippen LogP contribution is 2.26. The van der Waals surface area contributed by atoms with Gasteiger partial charge in [-0.15, -0.1) is 0 Å². The summed E-state index contributed by atoms with van der Waals surface area (Å²) in [5.74, 6) is -1.20. The van der Waals surface area contributed by atoms with Gasteiger partial charge in [-0.3, -0.25) is 9.59 Å². The number of unbranched alkanes of at least 4 members (excludes halogenated alkanes) is 36. The zero-order valence-electron chi connectivity index (χ0n) is 48.7. The van der Waals surface area contributed by atoms with Crippen LogP contribution in [-0.2, 0) is 23.8 Å². The average molecular weight is 1060 g/mol. The molecule has 1 heterocycles. The van der Waals surface area contributed by atoms with Gasteiger partial charge in [-0.2, -0.15) is 0 Å². The molecule has 6 N–H and O–H groups in total. The van der Waals surface area contributed by atoms with Crippen molar-refractivity contribution in [2.24, 2.45) is 0 Å². The minimum Gasteiger partial charge on any atom is -0.454 e. The summed E-state index contributed by atoms with van der Waals surface area (Å²) in [7, 11) is 0. The lowest BCUT2D eigenvalue weighted by Gasteiger charge is -2.41. The van der Waals surface area contributed by atoms with Gasteiger partial charge < -0.3 is 45.1 Å². The van der Waals surface area contributed by atoms with Crippen molar-refractivity contribution in [3.8, 4) is 0 Å². The zero-order chi connectivity index (χ0) is 54.7. The summed E-state index contributed by atoms with van der Waals surface area (Å²) in [5.41, 5.74) is 0. The van der Waals surface area contributed by atoms with Gasteiger partial charge in [0.25, 0.3) is 0 Å². The van der Waals surface area contributed by atoms with Crippen molar-refractivity contribution in [1.82, 2.24) is 5.32 Å². The summed E-state index contributed by atoms with van der Waals surface area (Å²) in [5, 5.41) is 56.9. The van der Waals surface area contributed by atoms with E-state index in [0.29, 0.717) is 12.8 Å². The topological polar surface area (TPSA) is 175 Å². The number of hydrogen-bond donors (Lipinski definition) is 6. The second-order valence-electron chi connectivity index (χ2n) is 22.1. The molecule has 1 aliphatic heterocycles. The van der Waals surface area contributed by atoms with Gasteiger partial charge in [-0.1, -0.05) is 250 Å². The van der Waals surface area contributed by atoms with Crippen LogP contribution < -0.4 is 5.32 Å². The molecule has 0 saturated carbocycles. The third kappa shape index (κ3) is 40.7. The number of esters is 1. The fourth-order valence-electron chi connectivity index (χ4n) is 9.94. The maximum absolute atomic E-state index is 13.4. The first-order chi connectivity index (χ1) is 36.7. The molecule has 0 aromatic heterocycles. The van der Waals surface area contributed by atoms with Crippen molar-refractivity contribution in [3.05, 3.63) is 36.5 Å². The normalized spacial score (nSPS) is 19.4. The second-order valence-corrected chi connectivity index (χ2v) is 22.1. The van der Waals surface area contributed by atoms with E-state index >= 15 is 0 Å². The summed E-state index contributed by atoms with van der Waals surface area (Å²) >= 11 is 0. The Morgan fingerprint density at radius 2 is 0.880 bits per heavy atom. The third-order valence-electron chi connectivity index (χ3n) is 15.0. The molecule has 75 heavy (non-hydrogen) atoms. The first kappa shape index (κ1) is 70.9. The number of aliphatic hydroxyl groups is 5. The largest absolute Gasteiger partial charge is 0.454 e. The number of nitrogens with one attached hydrogen (secondary N) is 1. The van der Waals surface area contributed by atoms with Gasteiger partial charge in [-0.25, -0.2) is 0 Å². The SMILES string of the molecule is CCCCCCCC/C=C/CCCCCCCCCCCCCC(=O)OC1C(OCC(NC(=O)C(O)CCCC/C=C\CCCCCCCCC)C(O)/C=C/CCCCCCCCCCCC)OC(CO)C(O)C1O. The first-order valence-electron chi connectivity index (χ1n) is 31.8. The van der Waals surface area contributed by atoms with E-state index in [1.165, 1.54) is 193 Å². The molecule has 0 bridgehead atoms. The van der Waals surface area contributed by atoms with Crippen LogP contribution in [-0.4, -0.2) is 99.6 Å². The van der Waals surface area contributed by atoms with Crippen molar-refractivity contribution >= 4 is 11.9 Å². The number of ether oxygens (including phenoxy) is 3. The van der Waals surface area contributed by atoms with E-state index in [2.05, 4.69) is 50.4 Å². The predicted molar refractivity (Wildman–Crippen MR) is 311 cm³/mol. The van der Waals surface area contributed by atoms with Crippen LogP contribution in [0.1, 0.15) is 297 Å². The standard InChI is InChI=1S/C64H119NO10/c1-4-7-10-13-16-19-22-25-26-27-28-29-30-31-32-34-37-40-43-46-49-52-59(69)75-62-61(71)60(70)58(53-66)74-64(62)73-54-55(56(67)50-47-44-41-38-35-24-21-18-15-12-9-6-3)65-63(72)57(68)51-48-45-42-39-36-33-23-20-17-14-11-8-5-2/h25-26,36,39,47,50,55-58,60-62,64,66-68,70-71H,4-24,27-35,37-38,40-46,48-49,51-54H2,1-3H3,(H,65,72)/b26-25+,39-36-,50-47+. The molecule has 8 unspecified atom stereocenters. The molecular formula is C64H119NO10. The maximum atomic E-state index is 13.4. The quantitative estimate of drug-likeness (QED) is 0.0195. The van der Waals surface area contributed by atoms with Crippen LogP contribution in [0.4, 0.5) is 0 Å². The summed E-state index contributed by atoms with van der Waals surface area (Å²) in [6.45, 7) is 5.79. The Morgan fingerprint density at radius 3 is 1.29 bits per heavy atom. The number of carbonyl (C=O) groups excluding carboxylic acids is 2. The Kier molecular flexibility index (Phi) is 49.7. The molecule has 8 atom stereocenters. The van der Waals surface area contributed by atoms with Crippen molar-refractivity contribution in [2.45, 2.75) is 346 Å². The lowest BCUT2D eigenvalue weighted by molar-refractivity contribution is -0.305. The first-order valence-corrected chi connectivity index (χ1v) is 31.8. The molecular weight excluding hydrogens is 943 g/mol. The highest BCUT2D eigenvalue weighted by Gasteiger charge is 2.47. The van der Waals surface area contributed by atoms with Crippen LogP contribution in [0.25, 0.3) is 0 Å². The Balaban J connectivity index is 2.64. The number of allylic oxidation sites excluding steroid dienone is 5. The van der Waals surface area contributed by atoms with Gasteiger partial charge in [0.05, 0.1) is 25.4 Å². The van der Waals surface area contributed by atoms with E-state index in [1.807, 2.05) is 6.08 Å². The summed E-state index contributed by atoms with van der Waals surface area (Å²) in [6, 6.07) is -1.03. The minimum absolute atomic E-state index is 0.123. The number of carbonyl (C=O) groups is 2. The van der Waals surface area contributed by atoms with Crippen LogP contribution in [0.3, 0.4) is 0 Å². The van der Waals surface area contributed by atoms with E-state index < -0.39 is 67.4 Å². The van der Waals surface area contributed by atoms with Crippen LogP contribution >= 0.6 is 0 Å². The van der Waals surface area contributed by atoms with Gasteiger partial charge >= 0.3 is 5.97 Å². The van der Waals surface area contributed by atoms with Crippen LogP contribution in [0.15, 0.2) is 36.5 Å². The van der Waals surface area contributed by atoms with Crippen molar-refractivity contribution < 1.29 is 49.3 Å². The van der Waals surface area contributed by atoms with E-state index in [9.17, 15) is 35.1 Å². The average Bonchev–Trinajstić information content (AvgIpc) is 3.41. The molecule has 11 nitrogen and oxygen atoms in total. The molecule has 0 aliphatic carbocycles. The van der Waals surface area contributed by atoms with Gasteiger partial charge in [0, 0.05) is 6.42 Å². The highest BCUT2D eigenvalue weighted by atomic mass is 16.7. The highest BCUT2D eigenvalue weighted by molar-refractivity contribution is 5.80. The molecule has 0 aromatic carbocycles. The van der Waals surface area contributed by atoms with Gasteiger partial charge in [-0.05, 0) is 77.0 Å². The van der Waals surface area contributed by atoms with Crippen molar-refractivity contribution in [2.75, 3.05) is 13.2 Å². The lowest BCUT2D eigenvalue weighted by Crippen LogP contribution is -2.61. The van der Waals surface area contributed by atoms with Crippen molar-refractivity contribution in [3.63, 3.8) is 0 Å². The Bertz CT molecular complexity index is 1360. The lowest BCUT2D eigenvalue weighted by atomic mass is 9.99. The molecule has 1 fully saturated rings. The molecule has 11 heteroatoms. The summed E-state index contributed by atoms with van der Waals surface area (Å²) in [4.78, 5) is 26.5. The van der Waals surface area contributed by atoms with Crippen LogP contribution in [0.5, 0.6) is 0 Å². The van der Waals surface area contributed by atoms with Crippen molar-refractivity contribution in [1.29, 1.82) is 0 Å². The molecule has 0 aromatic rings. The fraction of sp³-hybridized carbons (Fsp3) is 0.875. The predicted octanol–water partition coefficient (Wildman–Crippen LogP) is 15.1. The van der Waals surface area contributed by atoms with E-state index in [0.717, 1.165) is 57.8 Å². The molecule has 1 amide bonds. The molecule has 1 rings (SSSR count). The Hall–Kier alpha value is -2.12. The summed E-state index contributed by atoms with van der Waals surface area (Å²) in [6.07, 6.45) is 51.9. The fourth-order valence-corrected chi connectivity index (χ4v) is 9.94. The smallest absolute Gasteiger partial charge is 0.306 e. The second kappa shape index (κ2) is 52.6. The third-order valence-corrected chi connectivity index (χ3v) is 15.0. The Labute approximate surface area is 460 Å². The van der Waals surface area contributed by atoms with Gasteiger partial charge in [0.15, 0.2) is 12.4 Å². The van der Waals surface area contributed by atoms with Crippen LogP contribution in [0, 0.1) is 0 Å². The Morgan fingerprint density at radius 1 is 0.507 bits per heavy atom. The van der Waals surface area contributed by atoms with E-state index in [-0.39, 0.29) is 19.4 Å². The summed E-state index contributed by atoms with van der Waals surface area (Å²) < 4.78 is 17.6. The number of hydrogen-bond acceptors (Lipinski definition) is 10.